The first-order valence-electron chi connectivity index (χ1n) is 4.10. The van der Waals surface area contributed by atoms with Crippen LogP contribution in [0.3, 0.4) is 0 Å². The van der Waals surface area contributed by atoms with Gasteiger partial charge in [0.05, 0.1) is 0 Å². The number of fused-ring (bicyclic) bond motifs is 1. The quantitative estimate of drug-likeness (QED) is 0.474. The van der Waals surface area contributed by atoms with Crippen LogP contribution in [0.4, 0.5) is 0 Å². The second-order valence-corrected chi connectivity index (χ2v) is 3.63. The zero-order valence-corrected chi connectivity index (χ0v) is 6.14. The highest BCUT2D eigenvalue weighted by molar-refractivity contribution is 4.87. The highest BCUT2D eigenvalue weighted by Gasteiger charge is 2.32. The topological polar surface area (TPSA) is 3.24 Å². The molecule has 0 aliphatic carbocycles. The third kappa shape index (κ3) is 0.877. The van der Waals surface area contributed by atoms with Crippen molar-refractivity contribution in [3.63, 3.8) is 0 Å². The molecule has 0 N–H and O–H groups in total. The van der Waals surface area contributed by atoms with Gasteiger partial charge in [-0.1, -0.05) is 6.92 Å². The summed E-state index contributed by atoms with van der Waals surface area (Å²) in [4.78, 5) is 2.66. The Morgan fingerprint density at radius 1 is 1.44 bits per heavy atom. The van der Waals surface area contributed by atoms with Crippen molar-refractivity contribution in [2.45, 2.75) is 32.2 Å². The Kier molecular flexibility index (Phi) is 1.26. The lowest BCUT2D eigenvalue weighted by molar-refractivity contribution is 0.319. The van der Waals surface area contributed by atoms with E-state index >= 15 is 0 Å². The fourth-order valence-electron chi connectivity index (χ4n) is 2.34. The van der Waals surface area contributed by atoms with Crippen molar-refractivity contribution in [1.29, 1.82) is 0 Å². The molecule has 0 aromatic heterocycles. The van der Waals surface area contributed by atoms with Crippen molar-refractivity contribution in [2.24, 2.45) is 5.92 Å². The Hall–Kier alpha value is -0.0400. The van der Waals surface area contributed by atoms with E-state index < -0.39 is 0 Å². The van der Waals surface area contributed by atoms with E-state index in [1.807, 2.05) is 0 Å². The van der Waals surface area contributed by atoms with E-state index in [-0.39, 0.29) is 0 Å². The average Bonchev–Trinajstić information content (AvgIpc) is 2.22. The molecule has 0 unspecified atom stereocenters. The number of hydrogen-bond donors (Lipinski definition) is 0. The molecular weight excluding hydrogens is 110 g/mol. The van der Waals surface area contributed by atoms with E-state index in [0.29, 0.717) is 0 Å². The highest BCUT2D eigenvalue weighted by atomic mass is 15.2. The Morgan fingerprint density at radius 2 is 2.33 bits per heavy atom. The van der Waals surface area contributed by atoms with Crippen LogP contribution in [0.25, 0.3) is 0 Å². The molecule has 2 fully saturated rings. The van der Waals surface area contributed by atoms with Gasteiger partial charge in [0.1, 0.15) is 0 Å². The first-order chi connectivity index (χ1) is 4.36. The van der Waals surface area contributed by atoms with Crippen LogP contribution in [-0.4, -0.2) is 24.0 Å². The predicted octanol–water partition coefficient (Wildman–Crippen LogP) is 1.49. The highest BCUT2D eigenvalue weighted by Crippen LogP contribution is 2.30. The van der Waals surface area contributed by atoms with Crippen molar-refractivity contribution in [3.05, 3.63) is 0 Å². The van der Waals surface area contributed by atoms with E-state index in [1.54, 1.807) is 0 Å². The summed E-state index contributed by atoms with van der Waals surface area (Å²) in [6, 6.07) is 0.986. The van der Waals surface area contributed by atoms with Gasteiger partial charge < -0.3 is 4.90 Å². The molecule has 0 amide bonds. The van der Waals surface area contributed by atoms with E-state index in [1.165, 1.54) is 32.4 Å². The van der Waals surface area contributed by atoms with Gasteiger partial charge >= 0.3 is 0 Å². The SMILES string of the molecule is C[C@H]1C[C@@H]2CCCN2C1. The summed E-state index contributed by atoms with van der Waals surface area (Å²) < 4.78 is 0. The molecular formula is C8H15N. The van der Waals surface area contributed by atoms with Crippen LogP contribution in [0, 0.1) is 5.92 Å². The fraction of sp³-hybridized carbons (Fsp3) is 1.00. The van der Waals surface area contributed by atoms with Gasteiger partial charge in [-0.3, -0.25) is 0 Å². The molecule has 9 heavy (non-hydrogen) atoms. The third-order valence-electron chi connectivity index (χ3n) is 2.72. The second-order valence-electron chi connectivity index (χ2n) is 3.63. The minimum Gasteiger partial charge on any atom is -0.300 e. The predicted molar refractivity (Wildman–Crippen MR) is 38.4 cm³/mol. The molecule has 0 radical (unpaired) electrons. The maximum Gasteiger partial charge on any atom is 0.00988 e. The summed E-state index contributed by atoms with van der Waals surface area (Å²) in [5.74, 6) is 0.982. The molecule has 2 atom stereocenters. The summed E-state index contributed by atoms with van der Waals surface area (Å²) in [6.07, 6.45) is 4.40. The van der Waals surface area contributed by atoms with Gasteiger partial charge in [-0.2, -0.15) is 0 Å². The molecule has 1 heteroatoms. The molecule has 2 saturated heterocycles. The van der Waals surface area contributed by atoms with Crippen molar-refractivity contribution < 1.29 is 0 Å². The largest absolute Gasteiger partial charge is 0.300 e. The molecule has 2 aliphatic rings. The molecule has 1 nitrogen and oxygen atoms in total. The van der Waals surface area contributed by atoms with Crippen molar-refractivity contribution in [1.82, 2.24) is 4.90 Å². The standard InChI is InChI=1S/C8H15N/c1-7-5-8-3-2-4-9(8)6-7/h7-8H,2-6H2,1H3/t7-,8-/m0/s1. The lowest BCUT2D eigenvalue weighted by Gasteiger charge is -2.12. The van der Waals surface area contributed by atoms with Gasteiger partial charge in [-0.05, 0) is 31.7 Å². The molecule has 0 aromatic carbocycles. The minimum absolute atomic E-state index is 0.982. The molecule has 2 heterocycles. The van der Waals surface area contributed by atoms with E-state index in [0.717, 1.165) is 12.0 Å². The summed E-state index contributed by atoms with van der Waals surface area (Å²) in [5.41, 5.74) is 0. The lowest BCUT2D eigenvalue weighted by Crippen LogP contribution is -2.22. The van der Waals surface area contributed by atoms with E-state index in [2.05, 4.69) is 11.8 Å². The number of rotatable bonds is 0. The molecule has 2 aliphatic heterocycles. The van der Waals surface area contributed by atoms with Crippen LogP contribution in [0.2, 0.25) is 0 Å². The number of nitrogens with zero attached hydrogens (tertiary/aromatic N) is 1. The normalized spacial score (nSPS) is 43.7. The van der Waals surface area contributed by atoms with Gasteiger partial charge in [0.2, 0.25) is 0 Å². The Bertz CT molecular complexity index is 99.1. The Balaban J connectivity index is 2.02. The minimum atomic E-state index is 0.982. The van der Waals surface area contributed by atoms with Crippen LogP contribution in [0.1, 0.15) is 26.2 Å². The average molecular weight is 125 g/mol. The summed E-state index contributed by atoms with van der Waals surface area (Å²) in [5, 5.41) is 0. The van der Waals surface area contributed by atoms with E-state index in [9.17, 15) is 0 Å². The van der Waals surface area contributed by atoms with Gasteiger partial charge in [0.15, 0.2) is 0 Å². The zero-order chi connectivity index (χ0) is 6.27. The smallest absolute Gasteiger partial charge is 0.00988 e. The summed E-state index contributed by atoms with van der Waals surface area (Å²) >= 11 is 0. The van der Waals surface area contributed by atoms with Crippen LogP contribution < -0.4 is 0 Å². The van der Waals surface area contributed by atoms with Crippen LogP contribution in [-0.2, 0) is 0 Å². The van der Waals surface area contributed by atoms with Gasteiger partial charge in [-0.15, -0.1) is 0 Å². The second kappa shape index (κ2) is 1.98. The van der Waals surface area contributed by atoms with Crippen molar-refractivity contribution in [2.75, 3.05) is 13.1 Å². The van der Waals surface area contributed by atoms with Crippen molar-refractivity contribution >= 4 is 0 Å². The van der Waals surface area contributed by atoms with Gasteiger partial charge in [0.25, 0.3) is 0 Å². The van der Waals surface area contributed by atoms with Gasteiger partial charge in [0, 0.05) is 12.6 Å². The Morgan fingerprint density at radius 3 is 3.11 bits per heavy atom. The molecule has 0 saturated carbocycles. The lowest BCUT2D eigenvalue weighted by atomic mass is 10.1. The number of hydrogen-bond acceptors (Lipinski definition) is 1. The molecule has 2 rings (SSSR count). The van der Waals surface area contributed by atoms with Crippen molar-refractivity contribution in [3.8, 4) is 0 Å². The first kappa shape index (κ1) is 5.72. The summed E-state index contributed by atoms with van der Waals surface area (Å²) in [6.45, 7) is 5.14. The maximum atomic E-state index is 2.66. The first-order valence-corrected chi connectivity index (χ1v) is 4.10. The fourth-order valence-corrected chi connectivity index (χ4v) is 2.34. The van der Waals surface area contributed by atoms with E-state index in [4.69, 9.17) is 0 Å². The maximum absolute atomic E-state index is 2.66. The molecule has 0 spiro atoms. The molecule has 0 aromatic rings. The Labute approximate surface area is 57.0 Å². The van der Waals surface area contributed by atoms with Crippen LogP contribution in [0.5, 0.6) is 0 Å². The third-order valence-corrected chi connectivity index (χ3v) is 2.72. The van der Waals surface area contributed by atoms with Crippen LogP contribution >= 0.6 is 0 Å². The molecule has 52 valence electrons. The van der Waals surface area contributed by atoms with Crippen LogP contribution in [0.15, 0.2) is 0 Å². The monoisotopic (exact) mass is 125 g/mol. The molecule has 0 bridgehead atoms. The zero-order valence-electron chi connectivity index (χ0n) is 6.14. The summed E-state index contributed by atoms with van der Waals surface area (Å²) in [7, 11) is 0. The van der Waals surface area contributed by atoms with Gasteiger partial charge in [-0.25, -0.2) is 0 Å².